The van der Waals surface area contributed by atoms with Crippen molar-refractivity contribution in [2.45, 2.75) is 20.3 Å². The molecule has 1 aromatic heterocycles. The molecule has 0 saturated heterocycles. The molecule has 6 nitrogen and oxygen atoms in total. The Bertz CT molecular complexity index is 505. The van der Waals surface area contributed by atoms with E-state index in [4.69, 9.17) is 21.3 Å². The Balaban J connectivity index is 3.09. The SMILES string of the molecule is CCc1cc(C(=N)OC(=N)CN)c(C)[nH]c1=O. The number of aryl methyl sites for hydroxylation is 2. The lowest BCUT2D eigenvalue weighted by Crippen LogP contribution is -2.23. The van der Waals surface area contributed by atoms with Crippen molar-refractivity contribution in [2.24, 2.45) is 5.73 Å². The van der Waals surface area contributed by atoms with Gasteiger partial charge in [-0.25, -0.2) is 0 Å². The van der Waals surface area contributed by atoms with Crippen LogP contribution in [0.1, 0.15) is 23.7 Å². The number of pyridine rings is 1. The number of nitrogens with one attached hydrogen (secondary N) is 3. The largest absolute Gasteiger partial charge is 0.424 e. The molecular formula is C11H16N4O2. The van der Waals surface area contributed by atoms with Gasteiger partial charge in [-0.1, -0.05) is 6.92 Å². The maximum absolute atomic E-state index is 11.5. The molecule has 0 amide bonds. The average Bonchev–Trinajstić information content (AvgIpc) is 2.28. The van der Waals surface area contributed by atoms with Gasteiger partial charge in [0.1, 0.15) is 0 Å². The van der Waals surface area contributed by atoms with Gasteiger partial charge < -0.3 is 15.5 Å². The van der Waals surface area contributed by atoms with Crippen LogP contribution in [0.25, 0.3) is 0 Å². The number of nitrogens with two attached hydrogens (primary N) is 1. The van der Waals surface area contributed by atoms with Crippen molar-refractivity contribution in [3.05, 3.63) is 33.2 Å². The fraction of sp³-hybridized carbons (Fsp3) is 0.364. The van der Waals surface area contributed by atoms with Crippen LogP contribution in [0.2, 0.25) is 0 Å². The molecule has 0 radical (unpaired) electrons. The molecule has 0 unspecified atom stereocenters. The normalized spacial score (nSPS) is 10.1. The van der Waals surface area contributed by atoms with Crippen LogP contribution in [0.15, 0.2) is 10.9 Å². The first kappa shape index (κ1) is 13.1. The summed E-state index contributed by atoms with van der Waals surface area (Å²) in [7, 11) is 0. The average molecular weight is 236 g/mol. The number of H-pyrrole nitrogens is 1. The van der Waals surface area contributed by atoms with E-state index in [0.717, 1.165) is 0 Å². The highest BCUT2D eigenvalue weighted by Gasteiger charge is 2.11. The van der Waals surface area contributed by atoms with Crippen LogP contribution in [0.5, 0.6) is 0 Å². The maximum Gasteiger partial charge on any atom is 0.251 e. The van der Waals surface area contributed by atoms with E-state index >= 15 is 0 Å². The predicted molar refractivity (Wildman–Crippen MR) is 65.9 cm³/mol. The van der Waals surface area contributed by atoms with Crippen molar-refractivity contribution in [1.29, 1.82) is 10.8 Å². The number of rotatable bonds is 3. The fourth-order valence-electron chi connectivity index (χ4n) is 1.38. The molecule has 5 N–H and O–H groups in total. The van der Waals surface area contributed by atoms with Crippen molar-refractivity contribution < 1.29 is 4.74 Å². The number of hydrogen-bond acceptors (Lipinski definition) is 5. The van der Waals surface area contributed by atoms with E-state index in [0.29, 0.717) is 23.2 Å². The Hall–Kier alpha value is -1.95. The highest BCUT2D eigenvalue weighted by atomic mass is 16.5. The summed E-state index contributed by atoms with van der Waals surface area (Å²) >= 11 is 0. The highest BCUT2D eigenvalue weighted by Crippen LogP contribution is 2.07. The van der Waals surface area contributed by atoms with Crippen LogP contribution in [-0.2, 0) is 11.2 Å². The van der Waals surface area contributed by atoms with Crippen molar-refractivity contribution in [2.75, 3.05) is 6.54 Å². The molecule has 1 aromatic rings. The van der Waals surface area contributed by atoms with Crippen molar-refractivity contribution in [1.82, 2.24) is 4.98 Å². The van der Waals surface area contributed by atoms with E-state index in [9.17, 15) is 4.79 Å². The third-order valence-corrected chi connectivity index (χ3v) is 2.35. The Morgan fingerprint density at radius 1 is 1.53 bits per heavy atom. The van der Waals surface area contributed by atoms with Gasteiger partial charge in [0.25, 0.3) is 5.56 Å². The fourth-order valence-corrected chi connectivity index (χ4v) is 1.38. The molecule has 0 aliphatic rings. The van der Waals surface area contributed by atoms with Crippen LogP contribution < -0.4 is 11.3 Å². The topological polar surface area (TPSA) is 116 Å². The molecular weight excluding hydrogens is 220 g/mol. The summed E-state index contributed by atoms with van der Waals surface area (Å²) < 4.78 is 4.93. The first-order valence-corrected chi connectivity index (χ1v) is 5.26. The van der Waals surface area contributed by atoms with E-state index < -0.39 is 0 Å². The van der Waals surface area contributed by atoms with E-state index in [2.05, 4.69) is 4.98 Å². The lowest BCUT2D eigenvalue weighted by molar-refractivity contribution is 0.524. The minimum Gasteiger partial charge on any atom is -0.424 e. The van der Waals surface area contributed by atoms with Gasteiger partial charge in [0.15, 0.2) is 0 Å². The number of aromatic nitrogens is 1. The molecule has 1 heterocycles. The van der Waals surface area contributed by atoms with Crippen LogP contribution in [0.4, 0.5) is 0 Å². The molecule has 0 atom stereocenters. The molecule has 0 bridgehead atoms. The second-order valence-electron chi connectivity index (χ2n) is 3.57. The molecule has 92 valence electrons. The molecule has 0 aromatic carbocycles. The van der Waals surface area contributed by atoms with Crippen molar-refractivity contribution in [3.8, 4) is 0 Å². The van der Waals surface area contributed by atoms with Gasteiger partial charge in [0.2, 0.25) is 11.8 Å². The van der Waals surface area contributed by atoms with Gasteiger partial charge in [-0.05, 0) is 19.4 Å². The van der Waals surface area contributed by atoms with Gasteiger partial charge >= 0.3 is 0 Å². The van der Waals surface area contributed by atoms with Crippen LogP contribution in [-0.4, -0.2) is 23.3 Å². The molecule has 1 rings (SSSR count). The number of aromatic amines is 1. The van der Waals surface area contributed by atoms with E-state index in [1.807, 2.05) is 6.92 Å². The molecule has 0 saturated carbocycles. The summed E-state index contributed by atoms with van der Waals surface area (Å²) in [5.41, 5.74) is 6.65. The zero-order valence-electron chi connectivity index (χ0n) is 9.89. The second kappa shape index (κ2) is 5.40. The van der Waals surface area contributed by atoms with Crippen LogP contribution >= 0.6 is 0 Å². The highest BCUT2D eigenvalue weighted by molar-refractivity contribution is 6.00. The Kier molecular flexibility index (Phi) is 4.17. The summed E-state index contributed by atoms with van der Waals surface area (Å²) in [5.74, 6) is -0.359. The Morgan fingerprint density at radius 2 is 2.18 bits per heavy atom. The third-order valence-electron chi connectivity index (χ3n) is 2.35. The Morgan fingerprint density at radius 3 is 2.71 bits per heavy atom. The summed E-state index contributed by atoms with van der Waals surface area (Å²) in [4.78, 5) is 14.1. The van der Waals surface area contributed by atoms with E-state index in [-0.39, 0.29) is 23.9 Å². The molecule has 0 spiro atoms. The first-order valence-electron chi connectivity index (χ1n) is 5.26. The minimum atomic E-state index is -0.182. The molecule has 0 fully saturated rings. The van der Waals surface area contributed by atoms with E-state index in [1.165, 1.54) is 0 Å². The molecule has 6 heteroatoms. The van der Waals surface area contributed by atoms with Crippen molar-refractivity contribution in [3.63, 3.8) is 0 Å². The number of hydrogen-bond donors (Lipinski definition) is 4. The maximum atomic E-state index is 11.5. The standard InChI is InChI=1S/C11H16N4O2/c1-3-7-4-8(6(2)15-11(7)16)10(14)17-9(13)5-12/h4,13-14H,3,5,12H2,1-2H3,(H,15,16). The zero-order valence-corrected chi connectivity index (χ0v) is 9.89. The lowest BCUT2D eigenvalue weighted by Gasteiger charge is -2.10. The molecule has 17 heavy (non-hydrogen) atoms. The Labute approximate surface area is 98.8 Å². The molecule has 0 aliphatic heterocycles. The zero-order chi connectivity index (χ0) is 13.0. The minimum absolute atomic E-state index is 0.0641. The third kappa shape index (κ3) is 3.01. The van der Waals surface area contributed by atoms with E-state index in [1.54, 1.807) is 13.0 Å². The van der Waals surface area contributed by atoms with Crippen molar-refractivity contribution >= 4 is 11.8 Å². The summed E-state index contributed by atoms with van der Waals surface area (Å²) in [6.45, 7) is 3.47. The van der Waals surface area contributed by atoms with Crippen LogP contribution in [0.3, 0.4) is 0 Å². The molecule has 0 aliphatic carbocycles. The summed E-state index contributed by atoms with van der Waals surface area (Å²) in [5, 5.41) is 15.0. The van der Waals surface area contributed by atoms with Gasteiger partial charge in [0.05, 0.1) is 12.1 Å². The van der Waals surface area contributed by atoms with Gasteiger partial charge in [-0.2, -0.15) is 0 Å². The van der Waals surface area contributed by atoms with Gasteiger partial charge in [0, 0.05) is 11.3 Å². The van der Waals surface area contributed by atoms with Crippen LogP contribution in [0, 0.1) is 17.7 Å². The summed E-state index contributed by atoms with van der Waals surface area (Å²) in [6.07, 6.45) is 0.574. The number of ether oxygens (including phenoxy) is 1. The van der Waals surface area contributed by atoms with Gasteiger partial charge in [-0.3, -0.25) is 15.6 Å². The smallest absolute Gasteiger partial charge is 0.251 e. The summed E-state index contributed by atoms with van der Waals surface area (Å²) in [6, 6.07) is 1.61. The van der Waals surface area contributed by atoms with Gasteiger partial charge in [-0.15, -0.1) is 0 Å². The first-order chi connectivity index (χ1) is 7.99. The lowest BCUT2D eigenvalue weighted by atomic mass is 10.1. The second-order valence-corrected chi connectivity index (χ2v) is 3.57. The monoisotopic (exact) mass is 236 g/mol. The predicted octanol–water partition coefficient (Wildman–Crippen LogP) is 0.524. The quantitative estimate of drug-likeness (QED) is 0.453.